The van der Waals surface area contributed by atoms with Gasteiger partial charge in [-0.2, -0.15) is 0 Å². The van der Waals surface area contributed by atoms with Gasteiger partial charge in [0.2, 0.25) is 15.9 Å². The third kappa shape index (κ3) is 4.41. The highest BCUT2D eigenvalue weighted by atomic mass is 32.2. The third-order valence-corrected chi connectivity index (χ3v) is 5.86. The minimum atomic E-state index is -3.75. The molecule has 25 heavy (non-hydrogen) atoms. The van der Waals surface area contributed by atoms with Crippen molar-refractivity contribution in [1.29, 1.82) is 0 Å². The summed E-state index contributed by atoms with van der Waals surface area (Å²) in [7, 11) is -3.75. The summed E-state index contributed by atoms with van der Waals surface area (Å²) in [4.78, 5) is 16.3. The smallest absolute Gasteiger partial charge is 0.241 e. The zero-order chi connectivity index (χ0) is 17.9. The van der Waals surface area contributed by atoms with Crippen LogP contribution in [0.1, 0.15) is 10.6 Å². The third-order valence-electron chi connectivity index (χ3n) is 3.53. The van der Waals surface area contributed by atoms with Gasteiger partial charge in [-0.05, 0) is 30.7 Å². The first-order valence-corrected chi connectivity index (χ1v) is 9.91. The number of carbonyl (C=O) groups is 1. The Morgan fingerprint density at radius 3 is 2.68 bits per heavy atom. The second-order valence-corrected chi connectivity index (χ2v) is 8.45. The van der Waals surface area contributed by atoms with E-state index < -0.39 is 10.0 Å². The molecule has 3 aromatic rings. The van der Waals surface area contributed by atoms with Crippen molar-refractivity contribution in [2.75, 3.05) is 6.54 Å². The average molecular weight is 375 g/mol. The molecule has 0 aliphatic carbocycles. The lowest BCUT2D eigenvalue weighted by Gasteiger charge is -2.08. The molecule has 0 saturated heterocycles. The fourth-order valence-electron chi connectivity index (χ4n) is 2.29. The van der Waals surface area contributed by atoms with Gasteiger partial charge in [-0.15, -0.1) is 11.3 Å². The number of amides is 1. The van der Waals surface area contributed by atoms with Gasteiger partial charge in [0.1, 0.15) is 0 Å². The van der Waals surface area contributed by atoms with Gasteiger partial charge in [-0.25, -0.2) is 18.1 Å². The molecule has 1 amide bonds. The summed E-state index contributed by atoms with van der Waals surface area (Å²) in [6.07, 6.45) is 0. The second-order valence-electron chi connectivity index (χ2n) is 5.45. The number of nitrogens with zero attached hydrogens (tertiary/aromatic N) is 1. The molecule has 0 saturated carbocycles. The molecule has 0 atom stereocenters. The first kappa shape index (κ1) is 17.5. The van der Waals surface area contributed by atoms with Crippen LogP contribution in [0, 0.1) is 6.92 Å². The Kier molecular flexibility index (Phi) is 5.12. The van der Waals surface area contributed by atoms with Gasteiger partial charge in [-0.3, -0.25) is 4.79 Å². The van der Waals surface area contributed by atoms with Crippen molar-refractivity contribution in [2.45, 2.75) is 18.4 Å². The fraction of sp³-hybridized carbons (Fsp3) is 0.176. The first-order valence-electron chi connectivity index (χ1n) is 7.61. The summed E-state index contributed by atoms with van der Waals surface area (Å²) >= 11 is 1.43. The normalized spacial score (nSPS) is 11.6. The van der Waals surface area contributed by atoms with Gasteiger partial charge >= 0.3 is 0 Å². The van der Waals surface area contributed by atoms with Crippen molar-refractivity contribution in [1.82, 2.24) is 15.0 Å². The van der Waals surface area contributed by atoms with Gasteiger partial charge in [0, 0.05) is 6.54 Å². The highest BCUT2D eigenvalue weighted by Gasteiger charge is 2.16. The van der Waals surface area contributed by atoms with Gasteiger partial charge in [0.25, 0.3) is 0 Å². The van der Waals surface area contributed by atoms with Crippen LogP contribution >= 0.6 is 11.3 Å². The van der Waals surface area contributed by atoms with Gasteiger partial charge in [0.15, 0.2) is 0 Å². The van der Waals surface area contributed by atoms with Crippen LogP contribution in [0.2, 0.25) is 0 Å². The van der Waals surface area contributed by atoms with Crippen molar-refractivity contribution in [3.8, 4) is 0 Å². The van der Waals surface area contributed by atoms with Crippen molar-refractivity contribution >= 4 is 37.5 Å². The molecule has 0 bridgehead atoms. The standard InChI is InChI=1S/C17H17N3O3S2/c1-12-20-15-8-7-14(9-16(15)24-12)25(22,23)19-11-17(21)18-10-13-5-3-2-4-6-13/h2-9,19H,10-11H2,1H3,(H,18,21). The molecule has 2 N–H and O–H groups in total. The number of rotatable bonds is 6. The minimum absolute atomic E-state index is 0.125. The molecule has 0 aliphatic heterocycles. The van der Waals surface area contributed by atoms with Crippen LogP contribution in [-0.4, -0.2) is 25.9 Å². The molecule has 8 heteroatoms. The van der Waals surface area contributed by atoms with Crippen molar-refractivity contribution in [3.63, 3.8) is 0 Å². The van der Waals surface area contributed by atoms with Crippen molar-refractivity contribution < 1.29 is 13.2 Å². The number of nitrogens with one attached hydrogen (secondary N) is 2. The van der Waals surface area contributed by atoms with E-state index >= 15 is 0 Å². The lowest BCUT2D eigenvalue weighted by atomic mass is 10.2. The first-order chi connectivity index (χ1) is 11.9. The maximum Gasteiger partial charge on any atom is 0.241 e. The molecule has 0 spiro atoms. The Balaban J connectivity index is 1.61. The highest BCUT2D eigenvalue weighted by molar-refractivity contribution is 7.89. The molecule has 3 rings (SSSR count). The number of hydrogen-bond donors (Lipinski definition) is 2. The van der Waals surface area contributed by atoms with Crippen molar-refractivity contribution in [2.24, 2.45) is 0 Å². The Labute approximate surface area is 150 Å². The van der Waals surface area contributed by atoms with Crippen LogP contribution in [0.4, 0.5) is 0 Å². The quantitative estimate of drug-likeness (QED) is 0.691. The van der Waals surface area contributed by atoms with Crippen LogP contribution in [0.25, 0.3) is 10.2 Å². The van der Waals surface area contributed by atoms with E-state index in [9.17, 15) is 13.2 Å². The van der Waals surface area contributed by atoms with E-state index in [0.29, 0.717) is 6.54 Å². The second kappa shape index (κ2) is 7.30. The van der Waals surface area contributed by atoms with E-state index in [-0.39, 0.29) is 17.3 Å². The predicted molar refractivity (Wildman–Crippen MR) is 97.8 cm³/mol. The molecule has 1 aromatic heterocycles. The zero-order valence-corrected chi connectivity index (χ0v) is 15.2. The predicted octanol–water partition coefficient (Wildman–Crippen LogP) is 2.20. The molecule has 0 aliphatic rings. The van der Waals surface area contributed by atoms with Gasteiger partial charge in [0.05, 0.1) is 26.7 Å². The number of benzene rings is 2. The number of fused-ring (bicyclic) bond motifs is 1. The summed E-state index contributed by atoms with van der Waals surface area (Å²) in [6, 6.07) is 14.1. The van der Waals surface area contributed by atoms with E-state index in [1.165, 1.54) is 17.4 Å². The van der Waals surface area contributed by atoms with E-state index in [4.69, 9.17) is 0 Å². The largest absolute Gasteiger partial charge is 0.351 e. The molecule has 0 fully saturated rings. The Hall–Kier alpha value is -2.29. The van der Waals surface area contributed by atoms with Crippen LogP contribution < -0.4 is 10.0 Å². The molecular formula is C17H17N3O3S2. The summed E-state index contributed by atoms with van der Waals surface area (Å²) < 4.78 is 27.8. The highest BCUT2D eigenvalue weighted by Crippen LogP contribution is 2.24. The Morgan fingerprint density at radius 2 is 1.92 bits per heavy atom. The van der Waals surface area contributed by atoms with Crippen LogP contribution in [-0.2, 0) is 21.4 Å². The number of aromatic nitrogens is 1. The molecular weight excluding hydrogens is 358 g/mol. The van der Waals surface area contributed by atoms with Crippen LogP contribution in [0.5, 0.6) is 0 Å². The molecule has 0 unspecified atom stereocenters. The minimum Gasteiger partial charge on any atom is -0.351 e. The van der Waals surface area contributed by atoms with Crippen LogP contribution in [0.3, 0.4) is 0 Å². The Morgan fingerprint density at radius 1 is 1.16 bits per heavy atom. The maximum atomic E-state index is 12.4. The monoisotopic (exact) mass is 375 g/mol. The number of hydrogen-bond acceptors (Lipinski definition) is 5. The lowest BCUT2D eigenvalue weighted by molar-refractivity contribution is -0.120. The van der Waals surface area contributed by atoms with E-state index in [1.807, 2.05) is 37.3 Å². The van der Waals surface area contributed by atoms with Gasteiger partial charge in [-0.1, -0.05) is 30.3 Å². The number of sulfonamides is 1. The van der Waals surface area contributed by atoms with E-state index in [1.54, 1.807) is 12.1 Å². The lowest BCUT2D eigenvalue weighted by Crippen LogP contribution is -2.36. The summed E-state index contributed by atoms with van der Waals surface area (Å²) in [5.41, 5.74) is 1.71. The Bertz CT molecular complexity index is 998. The summed E-state index contributed by atoms with van der Waals surface area (Å²) in [6.45, 7) is 1.91. The maximum absolute atomic E-state index is 12.4. The van der Waals surface area contributed by atoms with E-state index in [2.05, 4.69) is 15.0 Å². The molecule has 6 nitrogen and oxygen atoms in total. The summed E-state index contributed by atoms with van der Waals surface area (Å²) in [5, 5.41) is 3.56. The molecule has 130 valence electrons. The van der Waals surface area contributed by atoms with Gasteiger partial charge < -0.3 is 5.32 Å². The number of carbonyl (C=O) groups excluding carboxylic acids is 1. The van der Waals surface area contributed by atoms with E-state index in [0.717, 1.165) is 20.8 Å². The fourth-order valence-corrected chi connectivity index (χ4v) is 4.24. The van der Waals surface area contributed by atoms with Crippen molar-refractivity contribution in [3.05, 3.63) is 59.1 Å². The number of aryl methyl sites for hydroxylation is 1. The molecule has 2 aromatic carbocycles. The molecule has 1 heterocycles. The molecule has 0 radical (unpaired) electrons. The SMILES string of the molecule is Cc1nc2ccc(S(=O)(=O)NCC(=O)NCc3ccccc3)cc2s1. The zero-order valence-electron chi connectivity index (χ0n) is 13.5. The average Bonchev–Trinajstić information content (AvgIpc) is 2.98. The number of thiazole rings is 1. The topological polar surface area (TPSA) is 88.2 Å². The van der Waals surface area contributed by atoms with Crippen LogP contribution in [0.15, 0.2) is 53.4 Å². The summed E-state index contributed by atoms with van der Waals surface area (Å²) in [5.74, 6) is -0.387.